The standard InChI is InChI=1S/C37H44N2O5/c1-9-42-37(41)32-18-12-30(13-19-32)15-21-34-27-35(43-24-22-38(3,4)5)33(26-36(34)44-25-23-39(6,7)8)20-14-29-10-16-31(17-11-29)28(2)40/h10-13,16-19,26-27H,9,22-25H2,1-8H3/q+2. The zero-order valence-corrected chi connectivity index (χ0v) is 27.2. The number of hydrogen-bond donors (Lipinski definition) is 0. The lowest BCUT2D eigenvalue weighted by molar-refractivity contribution is -0.870. The maximum atomic E-state index is 12.0. The molecule has 230 valence electrons. The molecule has 0 aliphatic carbocycles. The van der Waals surface area contributed by atoms with E-state index in [1.807, 2.05) is 24.3 Å². The first-order valence-corrected chi connectivity index (χ1v) is 14.7. The second kappa shape index (κ2) is 15.3. The predicted molar refractivity (Wildman–Crippen MR) is 174 cm³/mol. The molecule has 7 nitrogen and oxygen atoms in total. The van der Waals surface area contributed by atoms with Crippen molar-refractivity contribution in [1.82, 2.24) is 0 Å². The van der Waals surface area contributed by atoms with Crippen LogP contribution in [0.25, 0.3) is 0 Å². The maximum absolute atomic E-state index is 12.0. The van der Waals surface area contributed by atoms with Crippen LogP contribution in [0.15, 0.2) is 60.7 Å². The molecule has 0 bridgehead atoms. The van der Waals surface area contributed by atoms with E-state index >= 15 is 0 Å². The van der Waals surface area contributed by atoms with Crippen molar-refractivity contribution in [2.75, 3.05) is 75.2 Å². The number of hydrogen-bond acceptors (Lipinski definition) is 5. The monoisotopic (exact) mass is 596 g/mol. The van der Waals surface area contributed by atoms with Gasteiger partial charge in [0.25, 0.3) is 0 Å². The minimum Gasteiger partial charge on any atom is -0.486 e. The van der Waals surface area contributed by atoms with Gasteiger partial charge in [-0.15, -0.1) is 0 Å². The molecule has 0 saturated carbocycles. The molecular formula is C37H44N2O5+2. The minimum absolute atomic E-state index is 0.0137. The van der Waals surface area contributed by atoms with Crippen molar-refractivity contribution < 1.29 is 32.8 Å². The van der Waals surface area contributed by atoms with Crippen LogP contribution >= 0.6 is 0 Å². The second-order valence-electron chi connectivity index (χ2n) is 12.5. The Balaban J connectivity index is 2.04. The second-order valence-corrected chi connectivity index (χ2v) is 12.5. The quantitative estimate of drug-likeness (QED) is 0.134. The van der Waals surface area contributed by atoms with Gasteiger partial charge in [-0.25, -0.2) is 4.79 Å². The van der Waals surface area contributed by atoms with Crippen LogP contribution in [0.2, 0.25) is 0 Å². The zero-order chi connectivity index (χ0) is 32.3. The zero-order valence-electron chi connectivity index (χ0n) is 27.2. The molecule has 0 aliphatic heterocycles. The van der Waals surface area contributed by atoms with Gasteiger partial charge in [0.15, 0.2) is 5.78 Å². The molecule has 0 radical (unpaired) electrons. The molecule has 3 aromatic carbocycles. The molecule has 0 aliphatic rings. The fourth-order valence-corrected chi connectivity index (χ4v) is 3.82. The number of rotatable bonds is 11. The molecule has 0 atom stereocenters. The predicted octanol–water partition coefficient (Wildman–Crippen LogP) is 5.04. The number of benzene rings is 3. The van der Waals surface area contributed by atoms with E-state index in [1.54, 1.807) is 50.2 Å². The highest BCUT2D eigenvalue weighted by Crippen LogP contribution is 2.29. The summed E-state index contributed by atoms with van der Waals surface area (Å²) in [5, 5.41) is 0. The molecule has 0 spiro atoms. The van der Waals surface area contributed by atoms with Gasteiger partial charge >= 0.3 is 5.97 Å². The van der Waals surface area contributed by atoms with Crippen LogP contribution in [0, 0.1) is 23.7 Å². The van der Waals surface area contributed by atoms with Crippen molar-refractivity contribution in [3.05, 3.63) is 94.0 Å². The number of quaternary nitrogens is 2. The summed E-state index contributed by atoms with van der Waals surface area (Å²) in [6, 6.07) is 18.0. The number of esters is 1. The van der Waals surface area contributed by atoms with Crippen LogP contribution in [0.3, 0.4) is 0 Å². The number of nitrogens with zero attached hydrogens (tertiary/aromatic N) is 2. The summed E-state index contributed by atoms with van der Waals surface area (Å²) in [6.45, 7) is 6.24. The van der Waals surface area contributed by atoms with Gasteiger partial charge in [0.1, 0.15) is 37.8 Å². The Morgan fingerprint density at radius 3 is 1.41 bits per heavy atom. The third-order valence-corrected chi connectivity index (χ3v) is 6.49. The molecule has 0 fully saturated rings. The Kier molecular flexibility index (Phi) is 11.8. The summed E-state index contributed by atoms with van der Waals surface area (Å²) in [5.74, 6) is 13.8. The highest BCUT2D eigenvalue weighted by molar-refractivity contribution is 5.94. The van der Waals surface area contributed by atoms with Crippen molar-refractivity contribution in [1.29, 1.82) is 0 Å². The number of carbonyl (C=O) groups excluding carboxylic acids is 2. The number of carbonyl (C=O) groups is 2. The lowest BCUT2D eigenvalue weighted by Gasteiger charge is -2.24. The summed E-state index contributed by atoms with van der Waals surface area (Å²) in [6.07, 6.45) is 0. The van der Waals surface area contributed by atoms with Crippen LogP contribution in [-0.4, -0.2) is 95.9 Å². The molecule has 44 heavy (non-hydrogen) atoms. The number of ketones is 1. The highest BCUT2D eigenvalue weighted by Gasteiger charge is 2.15. The van der Waals surface area contributed by atoms with Crippen LogP contribution in [0.1, 0.15) is 56.8 Å². The van der Waals surface area contributed by atoms with E-state index in [0.29, 0.717) is 53.6 Å². The Bertz CT molecular complexity index is 1570. The highest BCUT2D eigenvalue weighted by atomic mass is 16.5. The Hall–Kier alpha value is -4.56. The van der Waals surface area contributed by atoms with Gasteiger partial charge < -0.3 is 23.2 Å². The minimum atomic E-state index is -0.359. The van der Waals surface area contributed by atoms with Gasteiger partial charge in [-0.1, -0.05) is 35.8 Å². The van der Waals surface area contributed by atoms with Crippen LogP contribution < -0.4 is 9.47 Å². The molecule has 0 aromatic heterocycles. The average molecular weight is 597 g/mol. The Labute approximate surface area is 262 Å². The van der Waals surface area contributed by atoms with Gasteiger partial charge in [0.2, 0.25) is 0 Å². The van der Waals surface area contributed by atoms with Crippen LogP contribution in [0.4, 0.5) is 0 Å². The third-order valence-electron chi connectivity index (χ3n) is 6.49. The van der Waals surface area contributed by atoms with Crippen molar-refractivity contribution in [3.63, 3.8) is 0 Å². The molecule has 0 unspecified atom stereocenters. The van der Waals surface area contributed by atoms with E-state index in [4.69, 9.17) is 14.2 Å². The summed E-state index contributed by atoms with van der Waals surface area (Å²) >= 11 is 0. The van der Waals surface area contributed by atoms with Crippen molar-refractivity contribution in [2.24, 2.45) is 0 Å². The molecule has 0 saturated heterocycles. The average Bonchev–Trinajstić information content (AvgIpc) is 2.95. The van der Waals surface area contributed by atoms with E-state index < -0.39 is 0 Å². The maximum Gasteiger partial charge on any atom is 0.338 e. The van der Waals surface area contributed by atoms with Crippen molar-refractivity contribution in [2.45, 2.75) is 13.8 Å². The van der Waals surface area contributed by atoms with E-state index in [-0.39, 0.29) is 11.8 Å². The first-order valence-electron chi connectivity index (χ1n) is 14.7. The molecule has 3 rings (SSSR count). The first-order chi connectivity index (χ1) is 20.7. The smallest absolute Gasteiger partial charge is 0.338 e. The summed E-state index contributed by atoms with van der Waals surface area (Å²) < 4.78 is 19.2. The van der Waals surface area contributed by atoms with Gasteiger partial charge in [-0.05, 0) is 50.2 Å². The lowest BCUT2D eigenvalue weighted by atomic mass is 10.1. The first kappa shape index (κ1) is 33.9. The topological polar surface area (TPSA) is 61.8 Å². The number of likely N-dealkylation sites (N-methyl/N-ethyl adjacent to an activating group) is 2. The van der Waals surface area contributed by atoms with E-state index in [0.717, 1.165) is 33.2 Å². The lowest BCUT2D eigenvalue weighted by Crippen LogP contribution is -2.38. The van der Waals surface area contributed by atoms with Crippen LogP contribution in [0.5, 0.6) is 11.5 Å². The normalized spacial score (nSPS) is 11.0. The molecular weight excluding hydrogens is 552 g/mol. The SMILES string of the molecule is CCOC(=O)c1ccc(C#Cc2cc(OCC[N+](C)(C)C)c(C#Cc3ccc(C(C)=O)cc3)cc2OCC[N+](C)(C)C)cc1. The van der Waals surface area contributed by atoms with Gasteiger partial charge in [-0.3, -0.25) is 4.79 Å². The Morgan fingerprint density at radius 1 is 0.636 bits per heavy atom. The van der Waals surface area contributed by atoms with E-state index in [9.17, 15) is 9.59 Å². The van der Waals surface area contributed by atoms with Crippen molar-refractivity contribution >= 4 is 11.8 Å². The summed E-state index contributed by atoms with van der Waals surface area (Å²) in [5.41, 5.74) is 4.03. The molecule has 0 N–H and O–H groups in total. The number of Topliss-reactive ketones (excluding diaryl/α,β-unsaturated/α-hetero) is 1. The molecule has 7 heteroatoms. The fourth-order valence-electron chi connectivity index (χ4n) is 3.82. The summed E-state index contributed by atoms with van der Waals surface area (Å²) in [7, 11) is 12.7. The molecule has 0 amide bonds. The van der Waals surface area contributed by atoms with Gasteiger partial charge in [0, 0.05) is 28.8 Å². The molecule has 0 heterocycles. The third kappa shape index (κ3) is 11.3. The number of ether oxygens (including phenoxy) is 3. The fraction of sp³-hybridized carbons (Fsp3) is 0.351. The Morgan fingerprint density at radius 2 is 1.05 bits per heavy atom. The largest absolute Gasteiger partial charge is 0.486 e. The summed E-state index contributed by atoms with van der Waals surface area (Å²) in [4.78, 5) is 23.7. The molecule has 3 aromatic rings. The van der Waals surface area contributed by atoms with Gasteiger partial charge in [-0.2, -0.15) is 0 Å². The van der Waals surface area contributed by atoms with E-state index in [1.165, 1.54) is 0 Å². The van der Waals surface area contributed by atoms with E-state index in [2.05, 4.69) is 66.0 Å². The van der Waals surface area contributed by atoms with Crippen LogP contribution in [-0.2, 0) is 4.74 Å². The van der Waals surface area contributed by atoms with Crippen molar-refractivity contribution in [3.8, 4) is 35.2 Å². The van der Waals surface area contributed by atoms with Gasteiger partial charge in [0.05, 0.1) is 65.6 Å².